The minimum absolute atomic E-state index is 0.130. The summed E-state index contributed by atoms with van der Waals surface area (Å²) in [5, 5.41) is 6.50. The molecule has 2 rings (SSSR count). The molecule has 2 nitrogen and oxygen atoms in total. The molecule has 0 saturated carbocycles. The maximum atomic E-state index is 13.4. The van der Waals surface area contributed by atoms with Crippen LogP contribution >= 0.6 is 0 Å². The average Bonchev–Trinajstić information content (AvgIpc) is 2.26. The van der Waals surface area contributed by atoms with Crippen LogP contribution in [0.2, 0.25) is 0 Å². The van der Waals surface area contributed by atoms with E-state index in [1.165, 1.54) is 6.07 Å². The van der Waals surface area contributed by atoms with Gasteiger partial charge in [-0.05, 0) is 37.1 Å². The summed E-state index contributed by atoms with van der Waals surface area (Å²) in [6, 6.07) is 5.30. The molecule has 82 valence electrons. The molecule has 1 aliphatic heterocycles. The summed E-state index contributed by atoms with van der Waals surface area (Å²) in [6.45, 7) is 4.96. The molecule has 0 bridgehead atoms. The van der Waals surface area contributed by atoms with Crippen LogP contribution in [-0.4, -0.2) is 19.6 Å². The van der Waals surface area contributed by atoms with E-state index in [4.69, 9.17) is 0 Å². The van der Waals surface area contributed by atoms with Gasteiger partial charge in [-0.3, -0.25) is 0 Å². The molecule has 0 spiro atoms. The maximum absolute atomic E-state index is 13.4. The summed E-state index contributed by atoms with van der Waals surface area (Å²) in [5.41, 5.74) is 1.80. The zero-order valence-electron chi connectivity index (χ0n) is 9.02. The second-order valence-electron chi connectivity index (χ2n) is 4.03. The Labute approximate surface area is 89.9 Å². The Hall–Kier alpha value is -1.09. The van der Waals surface area contributed by atoms with Crippen LogP contribution in [0.4, 0.5) is 10.1 Å². The summed E-state index contributed by atoms with van der Waals surface area (Å²) < 4.78 is 13.4. The second kappa shape index (κ2) is 4.62. The predicted molar refractivity (Wildman–Crippen MR) is 60.6 cm³/mol. The molecule has 15 heavy (non-hydrogen) atoms. The van der Waals surface area contributed by atoms with Crippen LogP contribution < -0.4 is 10.6 Å². The van der Waals surface area contributed by atoms with Gasteiger partial charge in [-0.2, -0.15) is 0 Å². The molecule has 2 N–H and O–H groups in total. The van der Waals surface area contributed by atoms with Gasteiger partial charge < -0.3 is 10.6 Å². The molecular weight excluding hydrogens is 191 g/mol. The van der Waals surface area contributed by atoms with Gasteiger partial charge in [-0.25, -0.2) is 4.39 Å². The Morgan fingerprint density at radius 1 is 1.53 bits per heavy atom. The van der Waals surface area contributed by atoms with Gasteiger partial charge in [-0.15, -0.1) is 0 Å². The number of hydrogen-bond acceptors (Lipinski definition) is 2. The third-order valence-corrected chi connectivity index (χ3v) is 2.86. The quantitative estimate of drug-likeness (QED) is 0.794. The summed E-state index contributed by atoms with van der Waals surface area (Å²) in [4.78, 5) is 0. The number of benzene rings is 1. The molecule has 1 aromatic rings. The largest absolute Gasteiger partial charge is 0.382 e. The molecular formula is C12H17FN2. The van der Waals surface area contributed by atoms with E-state index in [2.05, 4.69) is 17.6 Å². The smallest absolute Gasteiger partial charge is 0.146 e. The van der Waals surface area contributed by atoms with Crippen LogP contribution in [0.15, 0.2) is 18.2 Å². The van der Waals surface area contributed by atoms with Gasteiger partial charge in [-0.1, -0.05) is 19.1 Å². The third-order valence-electron chi connectivity index (χ3n) is 2.86. The van der Waals surface area contributed by atoms with Crippen molar-refractivity contribution >= 4 is 5.69 Å². The van der Waals surface area contributed by atoms with Gasteiger partial charge in [0.25, 0.3) is 0 Å². The normalized spacial score (nSPS) is 19.5. The first-order valence-electron chi connectivity index (χ1n) is 5.53. The van der Waals surface area contributed by atoms with Crippen molar-refractivity contribution in [2.24, 2.45) is 5.92 Å². The lowest BCUT2D eigenvalue weighted by Crippen LogP contribution is -2.32. The third kappa shape index (κ3) is 2.29. The van der Waals surface area contributed by atoms with Gasteiger partial charge in [0.1, 0.15) is 5.82 Å². The minimum atomic E-state index is -0.130. The number of halogens is 1. The summed E-state index contributed by atoms with van der Waals surface area (Å²) in [6.07, 6.45) is 0.965. The Balaban J connectivity index is 2.07. The van der Waals surface area contributed by atoms with E-state index in [0.29, 0.717) is 11.6 Å². The molecule has 1 heterocycles. The highest BCUT2D eigenvalue weighted by molar-refractivity contribution is 5.54. The molecule has 1 aromatic carbocycles. The summed E-state index contributed by atoms with van der Waals surface area (Å²) in [5.74, 6) is 0.439. The zero-order valence-corrected chi connectivity index (χ0v) is 9.02. The lowest BCUT2D eigenvalue weighted by molar-refractivity contribution is 0.487. The van der Waals surface area contributed by atoms with Crippen LogP contribution in [0, 0.1) is 11.7 Å². The van der Waals surface area contributed by atoms with Crippen molar-refractivity contribution in [2.45, 2.75) is 13.3 Å². The van der Waals surface area contributed by atoms with Crippen molar-refractivity contribution in [3.8, 4) is 0 Å². The van der Waals surface area contributed by atoms with E-state index in [1.54, 1.807) is 6.07 Å². The number of para-hydroxylation sites is 1. The molecule has 0 saturated heterocycles. The van der Waals surface area contributed by atoms with Crippen molar-refractivity contribution in [3.05, 3.63) is 29.6 Å². The summed E-state index contributed by atoms with van der Waals surface area (Å²) >= 11 is 0. The highest BCUT2D eigenvalue weighted by atomic mass is 19.1. The van der Waals surface area contributed by atoms with Gasteiger partial charge in [0.05, 0.1) is 5.69 Å². The molecule has 3 heteroatoms. The molecule has 0 amide bonds. The maximum Gasteiger partial charge on any atom is 0.146 e. The van der Waals surface area contributed by atoms with Crippen LogP contribution in [0.5, 0.6) is 0 Å². The van der Waals surface area contributed by atoms with Crippen molar-refractivity contribution in [2.75, 3.05) is 25.0 Å². The standard InChI is InChI=1S/C12H17FN2/c1-2-14-7-9-6-10-4-3-5-11(13)12(10)15-8-9/h3-5,9,14-15H,2,6-8H2,1H3. The number of rotatable bonds is 3. The van der Waals surface area contributed by atoms with E-state index in [-0.39, 0.29) is 5.82 Å². The van der Waals surface area contributed by atoms with E-state index in [1.807, 2.05) is 6.07 Å². The lowest BCUT2D eigenvalue weighted by Gasteiger charge is -2.26. The molecule has 1 aliphatic rings. The molecule has 0 aromatic heterocycles. The first kappa shape index (κ1) is 10.4. The predicted octanol–water partition coefficient (Wildman–Crippen LogP) is 2.02. The monoisotopic (exact) mass is 208 g/mol. The highest BCUT2D eigenvalue weighted by Gasteiger charge is 2.19. The number of hydrogen-bond donors (Lipinski definition) is 2. The van der Waals surface area contributed by atoms with Gasteiger partial charge in [0, 0.05) is 6.54 Å². The van der Waals surface area contributed by atoms with Crippen LogP contribution in [0.3, 0.4) is 0 Å². The average molecular weight is 208 g/mol. The Morgan fingerprint density at radius 3 is 3.20 bits per heavy atom. The Kier molecular flexibility index (Phi) is 3.21. The van der Waals surface area contributed by atoms with Gasteiger partial charge >= 0.3 is 0 Å². The molecule has 0 radical (unpaired) electrons. The van der Waals surface area contributed by atoms with Crippen LogP contribution in [-0.2, 0) is 6.42 Å². The Bertz CT molecular complexity index is 338. The van der Waals surface area contributed by atoms with Gasteiger partial charge in [0.15, 0.2) is 0 Å². The SMILES string of the molecule is CCNCC1CNc2c(F)cccc2C1. The fourth-order valence-electron chi connectivity index (χ4n) is 2.06. The van der Waals surface area contributed by atoms with Gasteiger partial charge in [0.2, 0.25) is 0 Å². The van der Waals surface area contributed by atoms with Crippen molar-refractivity contribution in [3.63, 3.8) is 0 Å². The van der Waals surface area contributed by atoms with E-state index >= 15 is 0 Å². The van der Waals surface area contributed by atoms with E-state index in [9.17, 15) is 4.39 Å². The first-order chi connectivity index (χ1) is 7.31. The zero-order chi connectivity index (χ0) is 10.7. The lowest BCUT2D eigenvalue weighted by atomic mass is 9.94. The Morgan fingerprint density at radius 2 is 2.40 bits per heavy atom. The topological polar surface area (TPSA) is 24.1 Å². The van der Waals surface area contributed by atoms with E-state index in [0.717, 1.165) is 31.6 Å². The molecule has 1 unspecified atom stereocenters. The molecule has 0 aliphatic carbocycles. The van der Waals surface area contributed by atoms with Crippen LogP contribution in [0.1, 0.15) is 12.5 Å². The molecule has 0 fully saturated rings. The highest BCUT2D eigenvalue weighted by Crippen LogP contribution is 2.26. The van der Waals surface area contributed by atoms with E-state index < -0.39 is 0 Å². The second-order valence-corrected chi connectivity index (χ2v) is 4.03. The fraction of sp³-hybridized carbons (Fsp3) is 0.500. The summed E-state index contributed by atoms with van der Waals surface area (Å²) in [7, 11) is 0. The fourth-order valence-corrected chi connectivity index (χ4v) is 2.06. The van der Waals surface area contributed by atoms with Crippen molar-refractivity contribution in [1.29, 1.82) is 0 Å². The molecule has 1 atom stereocenters. The number of anilines is 1. The van der Waals surface area contributed by atoms with Crippen LogP contribution in [0.25, 0.3) is 0 Å². The first-order valence-corrected chi connectivity index (χ1v) is 5.53. The van der Waals surface area contributed by atoms with Crippen molar-refractivity contribution < 1.29 is 4.39 Å². The number of fused-ring (bicyclic) bond motifs is 1. The minimum Gasteiger partial charge on any atom is -0.382 e. The number of nitrogens with one attached hydrogen (secondary N) is 2. The van der Waals surface area contributed by atoms with Crippen molar-refractivity contribution in [1.82, 2.24) is 5.32 Å².